The maximum atomic E-state index is 13.3. The summed E-state index contributed by atoms with van der Waals surface area (Å²) in [5.41, 5.74) is 4.19. The van der Waals surface area contributed by atoms with Crippen molar-refractivity contribution in [3.05, 3.63) is 74.0 Å². The van der Waals surface area contributed by atoms with Gasteiger partial charge in [-0.25, -0.2) is 4.98 Å². The van der Waals surface area contributed by atoms with Gasteiger partial charge in [0.15, 0.2) is 5.16 Å². The van der Waals surface area contributed by atoms with Crippen molar-refractivity contribution >= 4 is 45.8 Å². The number of aryl methyl sites for hydroxylation is 2. The second kappa shape index (κ2) is 7.42. The van der Waals surface area contributed by atoms with E-state index in [0.29, 0.717) is 31.8 Å². The van der Waals surface area contributed by atoms with Gasteiger partial charge in [-0.15, -0.1) is 5.10 Å². The quantitative estimate of drug-likeness (QED) is 0.354. The summed E-state index contributed by atoms with van der Waals surface area (Å²) < 4.78 is 6.13. The summed E-state index contributed by atoms with van der Waals surface area (Å²) in [6.07, 6.45) is 0. The molecule has 2 heterocycles. The van der Waals surface area contributed by atoms with Crippen LogP contribution in [0.15, 0.2) is 52.4 Å². The number of hydrogen-bond acceptors (Lipinski definition) is 6. The van der Waals surface area contributed by atoms with Crippen molar-refractivity contribution in [3.8, 4) is 5.69 Å². The van der Waals surface area contributed by atoms with E-state index in [1.165, 1.54) is 11.8 Å². The van der Waals surface area contributed by atoms with E-state index >= 15 is 0 Å². The lowest BCUT2D eigenvalue weighted by Crippen LogP contribution is -2.23. The molecule has 0 aliphatic carbocycles. The minimum Gasteiger partial charge on any atom is -0.268 e. The smallest absolute Gasteiger partial charge is 0.266 e. The number of hydrogen-bond donors (Lipinski definition) is 0. The minimum atomic E-state index is -0.0806. The van der Waals surface area contributed by atoms with Crippen LogP contribution >= 0.6 is 34.9 Å². The van der Waals surface area contributed by atoms with Gasteiger partial charge in [-0.05, 0) is 37.1 Å². The third-order valence-electron chi connectivity index (χ3n) is 4.26. The summed E-state index contributed by atoms with van der Waals surface area (Å²) in [6.45, 7) is 4.00. The SMILES string of the molecule is Cc1cccc(C)c1-n1c(SCc2nnsc2Cl)nc2ccccc2c1=O. The summed E-state index contributed by atoms with van der Waals surface area (Å²) in [5, 5.41) is 5.26. The van der Waals surface area contributed by atoms with Gasteiger partial charge < -0.3 is 0 Å². The van der Waals surface area contributed by atoms with E-state index in [0.717, 1.165) is 28.3 Å². The van der Waals surface area contributed by atoms with Gasteiger partial charge in [0, 0.05) is 17.3 Å². The highest BCUT2D eigenvalue weighted by atomic mass is 35.5. The van der Waals surface area contributed by atoms with E-state index in [4.69, 9.17) is 16.6 Å². The van der Waals surface area contributed by atoms with Crippen molar-refractivity contribution in [1.29, 1.82) is 0 Å². The molecule has 27 heavy (non-hydrogen) atoms. The Bertz CT molecular complexity index is 1180. The molecule has 0 saturated carbocycles. The molecule has 0 aliphatic heterocycles. The number of benzene rings is 2. The maximum Gasteiger partial charge on any atom is 0.266 e. The fourth-order valence-electron chi connectivity index (χ4n) is 2.98. The van der Waals surface area contributed by atoms with E-state index < -0.39 is 0 Å². The van der Waals surface area contributed by atoms with Gasteiger partial charge in [0.1, 0.15) is 10.0 Å². The first-order valence-electron chi connectivity index (χ1n) is 8.24. The molecule has 0 bridgehead atoms. The Labute approximate surface area is 169 Å². The Morgan fingerprint density at radius 1 is 1.11 bits per heavy atom. The van der Waals surface area contributed by atoms with Crippen molar-refractivity contribution in [2.45, 2.75) is 24.8 Å². The zero-order valence-corrected chi connectivity index (χ0v) is 17.0. The predicted molar refractivity (Wildman–Crippen MR) is 111 cm³/mol. The summed E-state index contributed by atoms with van der Waals surface area (Å²) in [5.74, 6) is 0.491. The van der Waals surface area contributed by atoms with Crippen LogP contribution in [0.3, 0.4) is 0 Å². The molecule has 0 spiro atoms. The molecule has 4 aromatic rings. The van der Waals surface area contributed by atoms with Gasteiger partial charge in [-0.3, -0.25) is 9.36 Å². The number of rotatable bonds is 4. The Kier molecular flexibility index (Phi) is 4.99. The highest BCUT2D eigenvalue weighted by molar-refractivity contribution is 7.98. The Morgan fingerprint density at radius 3 is 2.56 bits per heavy atom. The summed E-state index contributed by atoms with van der Waals surface area (Å²) in [6, 6.07) is 13.4. The summed E-state index contributed by atoms with van der Waals surface area (Å²) >= 11 is 8.72. The third kappa shape index (κ3) is 3.38. The van der Waals surface area contributed by atoms with E-state index in [-0.39, 0.29) is 5.56 Å². The molecule has 136 valence electrons. The molecular weight excluding hydrogens is 400 g/mol. The second-order valence-corrected chi connectivity index (χ2v) is 8.37. The maximum absolute atomic E-state index is 13.3. The molecule has 2 aromatic carbocycles. The monoisotopic (exact) mass is 414 g/mol. The Hall–Kier alpha value is -2.22. The zero-order valence-electron chi connectivity index (χ0n) is 14.6. The predicted octanol–water partition coefficient (Wildman–Crippen LogP) is 4.80. The fraction of sp³-hybridized carbons (Fsp3) is 0.158. The van der Waals surface area contributed by atoms with Crippen molar-refractivity contribution in [3.63, 3.8) is 0 Å². The molecule has 0 aliphatic rings. The number of nitrogens with zero attached hydrogens (tertiary/aromatic N) is 4. The number of halogens is 1. The van der Waals surface area contributed by atoms with Crippen LogP contribution in [-0.2, 0) is 5.75 Å². The largest absolute Gasteiger partial charge is 0.268 e. The minimum absolute atomic E-state index is 0.0806. The van der Waals surface area contributed by atoms with Gasteiger partial charge in [-0.1, -0.05) is 58.2 Å². The first-order valence-corrected chi connectivity index (χ1v) is 10.4. The number of para-hydroxylation sites is 2. The molecular formula is C19H15ClN4OS2. The normalized spacial score (nSPS) is 11.2. The lowest BCUT2D eigenvalue weighted by Gasteiger charge is -2.17. The molecule has 0 saturated heterocycles. The average Bonchev–Trinajstić information content (AvgIpc) is 3.06. The van der Waals surface area contributed by atoms with Crippen molar-refractivity contribution in [2.24, 2.45) is 0 Å². The van der Waals surface area contributed by atoms with Crippen LogP contribution in [-0.4, -0.2) is 19.1 Å². The van der Waals surface area contributed by atoms with Crippen LogP contribution in [0, 0.1) is 13.8 Å². The van der Waals surface area contributed by atoms with Gasteiger partial charge in [0.05, 0.1) is 16.6 Å². The topological polar surface area (TPSA) is 60.7 Å². The van der Waals surface area contributed by atoms with E-state index in [2.05, 4.69) is 9.59 Å². The standard InChI is InChI=1S/C19H15ClN4OS2/c1-11-6-5-7-12(2)16(11)24-18(25)13-8-3-4-9-14(13)21-19(24)26-10-15-17(20)27-23-22-15/h3-9H,10H2,1-2H3. The molecule has 0 atom stereocenters. The molecule has 0 fully saturated rings. The molecule has 0 radical (unpaired) electrons. The van der Waals surface area contributed by atoms with E-state index in [9.17, 15) is 4.79 Å². The molecule has 0 amide bonds. The molecule has 5 nitrogen and oxygen atoms in total. The van der Waals surface area contributed by atoms with Crippen LogP contribution in [0.25, 0.3) is 16.6 Å². The van der Waals surface area contributed by atoms with Crippen LogP contribution in [0.4, 0.5) is 0 Å². The Morgan fingerprint density at radius 2 is 1.85 bits per heavy atom. The molecule has 4 rings (SSSR count). The summed E-state index contributed by atoms with van der Waals surface area (Å²) in [7, 11) is 0. The van der Waals surface area contributed by atoms with Gasteiger partial charge in [-0.2, -0.15) is 0 Å². The molecule has 8 heteroatoms. The van der Waals surface area contributed by atoms with E-state index in [1.807, 2.05) is 56.3 Å². The first kappa shape index (κ1) is 18.2. The van der Waals surface area contributed by atoms with Crippen LogP contribution in [0.5, 0.6) is 0 Å². The average molecular weight is 415 g/mol. The lowest BCUT2D eigenvalue weighted by molar-refractivity contribution is 0.808. The molecule has 0 N–H and O–H groups in total. The molecule has 0 unspecified atom stereocenters. The van der Waals surface area contributed by atoms with Crippen LogP contribution in [0.2, 0.25) is 4.34 Å². The summed E-state index contributed by atoms with van der Waals surface area (Å²) in [4.78, 5) is 18.1. The van der Waals surface area contributed by atoms with E-state index in [1.54, 1.807) is 4.57 Å². The van der Waals surface area contributed by atoms with Crippen molar-refractivity contribution in [2.75, 3.05) is 0 Å². The highest BCUT2D eigenvalue weighted by Crippen LogP contribution is 2.29. The Balaban J connectivity index is 1.93. The van der Waals surface area contributed by atoms with Crippen LogP contribution < -0.4 is 5.56 Å². The second-order valence-electron chi connectivity index (χ2n) is 6.07. The highest BCUT2D eigenvalue weighted by Gasteiger charge is 2.17. The third-order valence-corrected chi connectivity index (χ3v) is 6.19. The number of fused-ring (bicyclic) bond motifs is 1. The fourth-order valence-corrected chi connectivity index (χ4v) is 4.71. The zero-order chi connectivity index (χ0) is 19.0. The van der Waals surface area contributed by atoms with Gasteiger partial charge in [0.25, 0.3) is 5.56 Å². The van der Waals surface area contributed by atoms with Gasteiger partial charge >= 0.3 is 0 Å². The van der Waals surface area contributed by atoms with Gasteiger partial charge in [0.2, 0.25) is 0 Å². The van der Waals surface area contributed by atoms with Crippen LogP contribution in [0.1, 0.15) is 16.8 Å². The number of thioether (sulfide) groups is 1. The molecule has 2 aromatic heterocycles. The van der Waals surface area contributed by atoms with Crippen molar-refractivity contribution in [1.82, 2.24) is 19.1 Å². The van der Waals surface area contributed by atoms with Crippen molar-refractivity contribution < 1.29 is 0 Å². The number of aromatic nitrogens is 4. The lowest BCUT2D eigenvalue weighted by atomic mass is 10.1. The first-order chi connectivity index (χ1) is 13.1.